The van der Waals surface area contributed by atoms with Crippen LogP contribution in [0.1, 0.15) is 19.1 Å². The van der Waals surface area contributed by atoms with Crippen molar-refractivity contribution in [2.24, 2.45) is 5.92 Å². The molecule has 0 radical (unpaired) electrons. The smallest absolute Gasteiger partial charge is 0.312 e. The summed E-state index contributed by atoms with van der Waals surface area (Å²) in [7, 11) is 1.63. The summed E-state index contributed by atoms with van der Waals surface area (Å²) < 4.78 is 10.6. The number of anilines is 1. The lowest BCUT2D eigenvalue weighted by atomic mass is 10.1. The van der Waals surface area contributed by atoms with Crippen LogP contribution in [0.25, 0.3) is 0 Å². The number of likely N-dealkylation sites (tertiary alicyclic amines) is 1. The second-order valence-electron chi connectivity index (χ2n) is 6.57. The number of hydrogen-bond acceptors (Lipinski definition) is 5. The summed E-state index contributed by atoms with van der Waals surface area (Å²) in [5.74, 6) is -0.914. The van der Waals surface area contributed by atoms with E-state index in [1.54, 1.807) is 36.2 Å². The van der Waals surface area contributed by atoms with Crippen LogP contribution in [0.5, 0.6) is 0 Å². The molecule has 1 aromatic heterocycles. The van der Waals surface area contributed by atoms with Crippen molar-refractivity contribution in [2.75, 3.05) is 18.5 Å². The fraction of sp³-hybridized carbons (Fsp3) is 0.350. The molecule has 142 valence electrons. The average Bonchev–Trinajstić information content (AvgIpc) is 3.31. The lowest BCUT2D eigenvalue weighted by Gasteiger charge is -2.22. The molecular formula is C20H22N2O5. The highest BCUT2D eigenvalue weighted by molar-refractivity contribution is 5.97. The maximum absolute atomic E-state index is 12.5. The summed E-state index contributed by atoms with van der Waals surface area (Å²) in [6, 6.07) is 12.6. The Labute approximate surface area is 157 Å². The Balaban J connectivity index is 1.55. The van der Waals surface area contributed by atoms with Gasteiger partial charge in [0.05, 0.1) is 18.7 Å². The molecule has 1 aliphatic rings. The van der Waals surface area contributed by atoms with E-state index in [4.69, 9.17) is 9.15 Å². The molecule has 2 atom stereocenters. The zero-order valence-electron chi connectivity index (χ0n) is 15.3. The third-order valence-corrected chi connectivity index (χ3v) is 4.59. The third kappa shape index (κ3) is 4.36. The van der Waals surface area contributed by atoms with Gasteiger partial charge in [0.15, 0.2) is 6.10 Å². The Morgan fingerprint density at radius 2 is 2.00 bits per heavy atom. The third-order valence-electron chi connectivity index (χ3n) is 4.59. The highest BCUT2D eigenvalue weighted by atomic mass is 16.5. The van der Waals surface area contributed by atoms with Gasteiger partial charge >= 0.3 is 5.97 Å². The SMILES string of the molecule is C[C@H](OC(=O)[C@@H]1CC(=O)N(Cc2ccco2)C1)C(=O)N(C)c1ccccc1. The number of carbonyl (C=O) groups is 3. The number of carbonyl (C=O) groups excluding carboxylic acids is 3. The van der Waals surface area contributed by atoms with Gasteiger partial charge in [0.2, 0.25) is 5.91 Å². The molecule has 0 N–H and O–H groups in total. The Morgan fingerprint density at radius 1 is 1.26 bits per heavy atom. The van der Waals surface area contributed by atoms with Crippen LogP contribution in [-0.4, -0.2) is 42.4 Å². The molecule has 3 rings (SSSR count). The molecular weight excluding hydrogens is 348 g/mol. The minimum atomic E-state index is -0.933. The van der Waals surface area contributed by atoms with Crippen LogP contribution >= 0.6 is 0 Å². The first kappa shape index (κ1) is 18.7. The second kappa shape index (κ2) is 8.07. The molecule has 7 nitrogen and oxygen atoms in total. The van der Waals surface area contributed by atoms with E-state index in [9.17, 15) is 14.4 Å². The molecule has 1 fully saturated rings. The number of para-hydroxylation sites is 1. The van der Waals surface area contributed by atoms with Gasteiger partial charge in [0.1, 0.15) is 5.76 Å². The topological polar surface area (TPSA) is 80.1 Å². The maximum atomic E-state index is 12.5. The van der Waals surface area contributed by atoms with Crippen LogP contribution in [0.3, 0.4) is 0 Å². The number of nitrogens with zero attached hydrogens (tertiary/aromatic N) is 2. The molecule has 0 unspecified atom stereocenters. The summed E-state index contributed by atoms with van der Waals surface area (Å²) in [6.07, 6.45) is 0.685. The number of hydrogen-bond donors (Lipinski definition) is 0. The van der Waals surface area contributed by atoms with Crippen molar-refractivity contribution < 1.29 is 23.5 Å². The van der Waals surface area contributed by atoms with Gasteiger partial charge in [-0.05, 0) is 31.2 Å². The van der Waals surface area contributed by atoms with Gasteiger partial charge in [-0.15, -0.1) is 0 Å². The van der Waals surface area contributed by atoms with E-state index in [-0.39, 0.29) is 24.8 Å². The van der Waals surface area contributed by atoms with Gasteiger partial charge in [-0.25, -0.2) is 0 Å². The highest BCUT2D eigenvalue weighted by Crippen LogP contribution is 2.22. The molecule has 1 saturated heterocycles. The zero-order valence-corrected chi connectivity index (χ0v) is 15.3. The van der Waals surface area contributed by atoms with E-state index in [2.05, 4.69) is 0 Å². The normalized spacial score (nSPS) is 17.6. The number of ether oxygens (including phenoxy) is 1. The number of rotatable bonds is 6. The van der Waals surface area contributed by atoms with Gasteiger partial charge in [-0.3, -0.25) is 14.4 Å². The molecule has 2 aromatic rings. The molecule has 0 spiro atoms. The fourth-order valence-electron chi connectivity index (χ4n) is 3.05. The predicted octanol–water partition coefficient (Wildman–Crippen LogP) is 2.22. The minimum absolute atomic E-state index is 0.0784. The van der Waals surface area contributed by atoms with Gasteiger partial charge in [-0.2, -0.15) is 0 Å². The molecule has 0 aliphatic carbocycles. The van der Waals surface area contributed by atoms with Crippen molar-refractivity contribution in [1.82, 2.24) is 4.90 Å². The van der Waals surface area contributed by atoms with E-state index in [0.29, 0.717) is 18.0 Å². The average molecular weight is 370 g/mol. The first-order valence-electron chi connectivity index (χ1n) is 8.79. The Morgan fingerprint density at radius 3 is 2.67 bits per heavy atom. The van der Waals surface area contributed by atoms with Gasteiger partial charge in [0.25, 0.3) is 5.91 Å². The summed E-state index contributed by atoms with van der Waals surface area (Å²) in [4.78, 5) is 40.0. The van der Waals surface area contributed by atoms with E-state index in [0.717, 1.165) is 0 Å². The van der Waals surface area contributed by atoms with E-state index >= 15 is 0 Å². The van der Waals surface area contributed by atoms with Crippen molar-refractivity contribution in [3.8, 4) is 0 Å². The van der Waals surface area contributed by atoms with Crippen molar-refractivity contribution in [2.45, 2.75) is 26.0 Å². The Kier molecular flexibility index (Phi) is 5.59. The number of esters is 1. The molecule has 0 saturated carbocycles. The van der Waals surface area contributed by atoms with E-state index in [1.807, 2.05) is 18.2 Å². The Hall–Kier alpha value is -3.09. The van der Waals surface area contributed by atoms with Crippen LogP contribution in [0.2, 0.25) is 0 Å². The number of benzene rings is 1. The summed E-state index contributed by atoms with van der Waals surface area (Å²) in [6.45, 7) is 2.12. The number of amides is 2. The largest absolute Gasteiger partial charge is 0.467 e. The van der Waals surface area contributed by atoms with Crippen LogP contribution in [0.15, 0.2) is 53.1 Å². The summed E-state index contributed by atoms with van der Waals surface area (Å²) >= 11 is 0. The monoisotopic (exact) mass is 370 g/mol. The standard InChI is InChI=1S/C20H22N2O5/c1-14(19(24)21(2)16-7-4-3-5-8-16)27-20(25)15-11-18(23)22(12-15)13-17-9-6-10-26-17/h3-10,14-15H,11-13H2,1-2H3/t14-,15+/m0/s1. The van der Waals surface area contributed by atoms with Gasteiger partial charge in [-0.1, -0.05) is 18.2 Å². The quantitative estimate of drug-likeness (QED) is 0.729. The molecule has 0 bridgehead atoms. The molecule has 27 heavy (non-hydrogen) atoms. The van der Waals surface area contributed by atoms with Crippen molar-refractivity contribution in [3.63, 3.8) is 0 Å². The van der Waals surface area contributed by atoms with Crippen LogP contribution in [0.4, 0.5) is 5.69 Å². The zero-order chi connectivity index (χ0) is 19.4. The molecule has 1 aliphatic heterocycles. The maximum Gasteiger partial charge on any atom is 0.312 e. The van der Waals surface area contributed by atoms with Crippen molar-refractivity contribution in [3.05, 3.63) is 54.5 Å². The first-order chi connectivity index (χ1) is 13.0. The lowest BCUT2D eigenvalue weighted by Crippen LogP contribution is -2.38. The predicted molar refractivity (Wildman–Crippen MR) is 97.6 cm³/mol. The van der Waals surface area contributed by atoms with Crippen LogP contribution in [0, 0.1) is 5.92 Å². The molecule has 2 amide bonds. The van der Waals surface area contributed by atoms with Gasteiger partial charge < -0.3 is 19.0 Å². The van der Waals surface area contributed by atoms with E-state index in [1.165, 1.54) is 18.1 Å². The van der Waals surface area contributed by atoms with Crippen LogP contribution < -0.4 is 4.90 Å². The summed E-state index contributed by atoms with van der Waals surface area (Å²) in [5, 5.41) is 0. The second-order valence-corrected chi connectivity index (χ2v) is 6.57. The molecule has 7 heteroatoms. The van der Waals surface area contributed by atoms with Gasteiger partial charge in [0, 0.05) is 25.7 Å². The van der Waals surface area contributed by atoms with Crippen LogP contribution in [-0.2, 0) is 25.7 Å². The lowest BCUT2D eigenvalue weighted by molar-refractivity contribution is -0.157. The molecule has 1 aromatic carbocycles. The summed E-state index contributed by atoms with van der Waals surface area (Å²) in [5.41, 5.74) is 0.714. The highest BCUT2D eigenvalue weighted by Gasteiger charge is 2.37. The van der Waals surface area contributed by atoms with Crippen molar-refractivity contribution in [1.29, 1.82) is 0 Å². The fourth-order valence-corrected chi connectivity index (χ4v) is 3.05. The van der Waals surface area contributed by atoms with Crippen molar-refractivity contribution >= 4 is 23.5 Å². The van der Waals surface area contributed by atoms with E-state index < -0.39 is 18.0 Å². The minimum Gasteiger partial charge on any atom is -0.467 e. The molecule has 2 heterocycles. The first-order valence-corrected chi connectivity index (χ1v) is 8.79. The number of likely N-dealkylation sites (N-methyl/N-ethyl adjacent to an activating group) is 1. The number of furan rings is 1. The Bertz CT molecular complexity index is 803.